The average molecular weight is 292 g/mol. The Morgan fingerprint density at radius 1 is 1.11 bits per heavy atom. The fraction of sp³-hybridized carbons (Fsp3) is 0.250. The van der Waals surface area contributed by atoms with Gasteiger partial charge in [-0.3, -0.25) is 0 Å². The predicted molar refractivity (Wildman–Crippen MR) is 84.0 cm³/mol. The molecular weight excluding hydrogens is 274 g/mol. The SMILES string of the molecule is CCC(N)Cc1c(Cl)cccc1Sc1ccccc1. The third-order valence-corrected chi connectivity index (χ3v) is 4.50. The molecule has 19 heavy (non-hydrogen) atoms. The highest BCUT2D eigenvalue weighted by molar-refractivity contribution is 7.99. The smallest absolute Gasteiger partial charge is 0.0449 e. The largest absolute Gasteiger partial charge is 0.327 e. The van der Waals surface area contributed by atoms with Gasteiger partial charge in [-0.25, -0.2) is 0 Å². The Balaban J connectivity index is 2.27. The summed E-state index contributed by atoms with van der Waals surface area (Å²) in [5.74, 6) is 0. The van der Waals surface area contributed by atoms with E-state index < -0.39 is 0 Å². The zero-order chi connectivity index (χ0) is 13.7. The Morgan fingerprint density at radius 3 is 2.53 bits per heavy atom. The Hall–Kier alpha value is -0.960. The molecule has 3 heteroatoms. The summed E-state index contributed by atoms with van der Waals surface area (Å²) in [7, 11) is 0. The van der Waals surface area contributed by atoms with E-state index in [0.717, 1.165) is 23.4 Å². The molecule has 0 saturated heterocycles. The molecule has 1 unspecified atom stereocenters. The first kappa shape index (κ1) is 14.4. The molecule has 0 heterocycles. The quantitative estimate of drug-likeness (QED) is 0.858. The van der Waals surface area contributed by atoms with Crippen LogP contribution in [0.2, 0.25) is 5.02 Å². The summed E-state index contributed by atoms with van der Waals surface area (Å²) in [6.07, 6.45) is 1.78. The van der Waals surface area contributed by atoms with Crippen LogP contribution in [0.1, 0.15) is 18.9 Å². The Kier molecular flexibility index (Phi) is 5.32. The van der Waals surface area contributed by atoms with Gasteiger partial charge in [0, 0.05) is 20.9 Å². The summed E-state index contributed by atoms with van der Waals surface area (Å²) in [6, 6.07) is 16.5. The summed E-state index contributed by atoms with van der Waals surface area (Å²) in [5.41, 5.74) is 7.23. The van der Waals surface area contributed by atoms with Gasteiger partial charge in [0.1, 0.15) is 0 Å². The van der Waals surface area contributed by atoms with E-state index in [0.29, 0.717) is 0 Å². The maximum absolute atomic E-state index is 6.33. The Labute approximate surface area is 124 Å². The number of hydrogen-bond donors (Lipinski definition) is 1. The summed E-state index contributed by atoms with van der Waals surface area (Å²) >= 11 is 8.07. The first-order valence-electron chi connectivity index (χ1n) is 6.46. The van der Waals surface area contributed by atoms with Gasteiger partial charge in [-0.1, -0.05) is 54.6 Å². The average Bonchev–Trinajstić information content (AvgIpc) is 2.43. The van der Waals surface area contributed by atoms with E-state index in [2.05, 4.69) is 25.1 Å². The summed E-state index contributed by atoms with van der Waals surface area (Å²) in [6.45, 7) is 2.10. The van der Waals surface area contributed by atoms with Crippen LogP contribution in [0.15, 0.2) is 58.3 Å². The highest BCUT2D eigenvalue weighted by Gasteiger charge is 2.11. The normalized spacial score (nSPS) is 12.4. The van der Waals surface area contributed by atoms with Gasteiger partial charge in [-0.05, 0) is 42.7 Å². The molecule has 0 fully saturated rings. The monoisotopic (exact) mass is 291 g/mol. The van der Waals surface area contributed by atoms with Gasteiger partial charge in [0.2, 0.25) is 0 Å². The van der Waals surface area contributed by atoms with Crippen LogP contribution in [-0.2, 0) is 6.42 Å². The summed E-state index contributed by atoms with van der Waals surface area (Å²) < 4.78 is 0. The van der Waals surface area contributed by atoms with Crippen molar-refractivity contribution in [2.75, 3.05) is 0 Å². The van der Waals surface area contributed by atoms with Gasteiger partial charge in [0.05, 0.1) is 0 Å². The first-order valence-corrected chi connectivity index (χ1v) is 7.66. The second kappa shape index (κ2) is 6.99. The van der Waals surface area contributed by atoms with Crippen molar-refractivity contribution >= 4 is 23.4 Å². The lowest BCUT2D eigenvalue weighted by Gasteiger charge is -2.14. The second-order valence-corrected chi connectivity index (χ2v) is 6.03. The van der Waals surface area contributed by atoms with Gasteiger partial charge in [0.15, 0.2) is 0 Å². The standard InChI is InChI=1S/C16H18ClNS/c1-2-12(18)11-14-15(17)9-6-10-16(14)19-13-7-4-3-5-8-13/h3-10,12H,2,11,18H2,1H3. The molecule has 1 atom stereocenters. The molecule has 0 aliphatic heterocycles. The maximum atomic E-state index is 6.33. The molecule has 0 aromatic heterocycles. The van der Waals surface area contributed by atoms with Crippen LogP contribution in [0.3, 0.4) is 0 Å². The number of hydrogen-bond acceptors (Lipinski definition) is 2. The first-order chi connectivity index (χ1) is 9.20. The molecule has 0 aliphatic carbocycles. The van der Waals surface area contributed by atoms with Gasteiger partial charge < -0.3 is 5.73 Å². The fourth-order valence-corrected chi connectivity index (χ4v) is 3.17. The van der Waals surface area contributed by atoms with Crippen LogP contribution in [-0.4, -0.2) is 6.04 Å². The van der Waals surface area contributed by atoms with Crippen molar-refractivity contribution in [1.82, 2.24) is 0 Å². The Bertz CT molecular complexity index is 528. The zero-order valence-corrected chi connectivity index (χ0v) is 12.5. The van der Waals surface area contributed by atoms with Crippen molar-refractivity contribution in [3.05, 3.63) is 59.1 Å². The lowest BCUT2D eigenvalue weighted by molar-refractivity contribution is 0.641. The molecule has 1 nitrogen and oxygen atoms in total. The van der Waals surface area contributed by atoms with E-state index in [1.165, 1.54) is 9.79 Å². The number of benzene rings is 2. The second-order valence-electron chi connectivity index (χ2n) is 4.50. The van der Waals surface area contributed by atoms with Crippen molar-refractivity contribution in [3.63, 3.8) is 0 Å². The minimum absolute atomic E-state index is 0.162. The van der Waals surface area contributed by atoms with E-state index in [9.17, 15) is 0 Å². The maximum Gasteiger partial charge on any atom is 0.0449 e. The third kappa shape index (κ3) is 4.00. The molecule has 2 N–H and O–H groups in total. The third-order valence-electron chi connectivity index (χ3n) is 3.04. The van der Waals surface area contributed by atoms with Crippen molar-refractivity contribution in [3.8, 4) is 0 Å². The number of nitrogens with two attached hydrogens (primary N) is 1. The topological polar surface area (TPSA) is 26.0 Å². The number of halogens is 1. The van der Waals surface area contributed by atoms with Crippen LogP contribution >= 0.6 is 23.4 Å². The van der Waals surface area contributed by atoms with E-state index in [1.807, 2.05) is 30.3 Å². The number of rotatable bonds is 5. The van der Waals surface area contributed by atoms with Crippen LogP contribution < -0.4 is 5.73 Å². The molecular formula is C16H18ClNS. The van der Waals surface area contributed by atoms with Crippen LogP contribution in [0, 0.1) is 0 Å². The van der Waals surface area contributed by atoms with E-state index in [-0.39, 0.29) is 6.04 Å². The molecule has 0 saturated carbocycles. The molecule has 0 amide bonds. The van der Waals surface area contributed by atoms with Crippen molar-refractivity contribution < 1.29 is 0 Å². The molecule has 0 radical (unpaired) electrons. The van der Waals surface area contributed by atoms with E-state index >= 15 is 0 Å². The molecule has 2 aromatic rings. The fourth-order valence-electron chi connectivity index (χ4n) is 1.85. The molecule has 0 spiro atoms. The minimum atomic E-state index is 0.162. The van der Waals surface area contributed by atoms with Gasteiger partial charge >= 0.3 is 0 Å². The Morgan fingerprint density at radius 2 is 1.84 bits per heavy atom. The molecule has 2 rings (SSSR count). The molecule has 0 aliphatic rings. The highest BCUT2D eigenvalue weighted by atomic mass is 35.5. The van der Waals surface area contributed by atoms with Crippen LogP contribution in [0.25, 0.3) is 0 Å². The van der Waals surface area contributed by atoms with E-state index in [4.69, 9.17) is 17.3 Å². The van der Waals surface area contributed by atoms with Crippen molar-refractivity contribution in [2.45, 2.75) is 35.6 Å². The van der Waals surface area contributed by atoms with Gasteiger partial charge in [-0.15, -0.1) is 0 Å². The predicted octanol–water partition coefficient (Wildman–Crippen LogP) is 4.77. The van der Waals surface area contributed by atoms with Crippen LogP contribution in [0.4, 0.5) is 0 Å². The molecule has 100 valence electrons. The van der Waals surface area contributed by atoms with E-state index in [1.54, 1.807) is 11.8 Å². The lowest BCUT2D eigenvalue weighted by Crippen LogP contribution is -2.21. The highest BCUT2D eigenvalue weighted by Crippen LogP contribution is 2.34. The van der Waals surface area contributed by atoms with Gasteiger partial charge in [-0.2, -0.15) is 0 Å². The minimum Gasteiger partial charge on any atom is -0.327 e. The molecule has 0 bridgehead atoms. The lowest BCUT2D eigenvalue weighted by atomic mass is 10.0. The van der Waals surface area contributed by atoms with Gasteiger partial charge in [0.25, 0.3) is 0 Å². The zero-order valence-electron chi connectivity index (χ0n) is 11.0. The summed E-state index contributed by atoms with van der Waals surface area (Å²) in [4.78, 5) is 2.42. The summed E-state index contributed by atoms with van der Waals surface area (Å²) in [5, 5.41) is 0.810. The van der Waals surface area contributed by atoms with Crippen LogP contribution in [0.5, 0.6) is 0 Å². The van der Waals surface area contributed by atoms with Crippen molar-refractivity contribution in [1.29, 1.82) is 0 Å². The molecule has 2 aromatic carbocycles. The van der Waals surface area contributed by atoms with Crippen molar-refractivity contribution in [2.24, 2.45) is 5.73 Å².